The summed E-state index contributed by atoms with van der Waals surface area (Å²) in [6.07, 6.45) is -0.974. The Morgan fingerprint density at radius 3 is 2.22 bits per heavy atom. The molecule has 32 heavy (non-hydrogen) atoms. The summed E-state index contributed by atoms with van der Waals surface area (Å²) in [7, 11) is -3.87. The fourth-order valence-corrected chi connectivity index (χ4v) is 5.12. The number of rotatable bonds is 5. The van der Waals surface area contributed by atoms with Crippen LogP contribution in [-0.2, 0) is 14.8 Å². The van der Waals surface area contributed by atoms with Gasteiger partial charge in [-0.05, 0) is 50.6 Å². The minimum absolute atomic E-state index is 0.111. The molecule has 166 valence electrons. The standard InChI is InChI=1S/C25H26N2O4S/c1-17-8-12-20(13-9-17)19(3)26-25(28)24-16-27(22-6-4-5-7-23(22)31-24)32(29,30)21-14-10-18(2)11-15-21/h4-15,19,24H,16H2,1-3H3,(H,26,28)/t19-,24-/m0/s1. The average Bonchev–Trinajstić information content (AvgIpc) is 2.79. The number of ether oxygens (including phenoxy) is 1. The van der Waals surface area contributed by atoms with E-state index in [9.17, 15) is 13.2 Å². The molecule has 1 heterocycles. The van der Waals surface area contributed by atoms with Crippen LogP contribution >= 0.6 is 0 Å². The Kier molecular flexibility index (Phi) is 5.93. The van der Waals surface area contributed by atoms with E-state index in [-0.39, 0.29) is 23.4 Å². The number of nitrogens with zero attached hydrogens (tertiary/aromatic N) is 1. The molecule has 1 N–H and O–H groups in total. The van der Waals surface area contributed by atoms with Gasteiger partial charge in [-0.3, -0.25) is 9.10 Å². The van der Waals surface area contributed by atoms with Crippen LogP contribution in [0.4, 0.5) is 5.69 Å². The van der Waals surface area contributed by atoms with Crippen molar-refractivity contribution in [3.63, 3.8) is 0 Å². The first-order valence-corrected chi connectivity index (χ1v) is 11.9. The number of amides is 1. The maximum atomic E-state index is 13.4. The van der Waals surface area contributed by atoms with E-state index in [1.807, 2.05) is 45.0 Å². The van der Waals surface area contributed by atoms with E-state index in [2.05, 4.69) is 5.32 Å². The molecule has 7 heteroatoms. The average molecular weight is 451 g/mol. The fourth-order valence-electron chi connectivity index (χ4n) is 3.65. The van der Waals surface area contributed by atoms with Crippen LogP contribution in [-0.4, -0.2) is 27.0 Å². The van der Waals surface area contributed by atoms with Crippen LogP contribution in [0.5, 0.6) is 5.75 Å². The van der Waals surface area contributed by atoms with Gasteiger partial charge in [0.05, 0.1) is 23.2 Å². The molecule has 0 spiro atoms. The summed E-state index contributed by atoms with van der Waals surface area (Å²) >= 11 is 0. The molecule has 2 atom stereocenters. The highest BCUT2D eigenvalue weighted by atomic mass is 32.2. The van der Waals surface area contributed by atoms with Gasteiger partial charge in [0.1, 0.15) is 5.75 Å². The quantitative estimate of drug-likeness (QED) is 0.634. The first-order chi connectivity index (χ1) is 15.3. The lowest BCUT2D eigenvalue weighted by Gasteiger charge is -2.35. The Labute approximate surface area is 188 Å². The van der Waals surface area contributed by atoms with Gasteiger partial charge in [0, 0.05) is 0 Å². The maximum absolute atomic E-state index is 13.4. The second-order valence-electron chi connectivity index (χ2n) is 8.06. The fraction of sp³-hybridized carbons (Fsp3) is 0.240. The molecule has 0 saturated carbocycles. The molecule has 0 radical (unpaired) electrons. The van der Waals surface area contributed by atoms with Gasteiger partial charge in [0.2, 0.25) is 0 Å². The lowest BCUT2D eigenvalue weighted by molar-refractivity contribution is -0.128. The van der Waals surface area contributed by atoms with E-state index in [0.717, 1.165) is 16.7 Å². The lowest BCUT2D eigenvalue weighted by Crippen LogP contribution is -2.51. The van der Waals surface area contributed by atoms with Crippen molar-refractivity contribution in [2.24, 2.45) is 0 Å². The van der Waals surface area contributed by atoms with Crippen LogP contribution in [0.25, 0.3) is 0 Å². The molecule has 1 amide bonds. The minimum atomic E-state index is -3.87. The Morgan fingerprint density at radius 2 is 1.56 bits per heavy atom. The van der Waals surface area contributed by atoms with Gasteiger partial charge in [-0.25, -0.2) is 8.42 Å². The summed E-state index contributed by atoms with van der Waals surface area (Å²) < 4.78 is 34.1. The van der Waals surface area contributed by atoms with Crippen molar-refractivity contribution in [3.8, 4) is 5.75 Å². The second-order valence-corrected chi connectivity index (χ2v) is 9.93. The number of anilines is 1. The molecule has 3 aromatic carbocycles. The van der Waals surface area contributed by atoms with E-state index in [0.29, 0.717) is 11.4 Å². The Hall–Kier alpha value is -3.32. The highest BCUT2D eigenvalue weighted by Crippen LogP contribution is 2.37. The van der Waals surface area contributed by atoms with E-state index < -0.39 is 16.1 Å². The molecule has 0 unspecified atom stereocenters. The van der Waals surface area contributed by atoms with E-state index >= 15 is 0 Å². The zero-order valence-electron chi connectivity index (χ0n) is 18.3. The van der Waals surface area contributed by atoms with Gasteiger partial charge >= 0.3 is 0 Å². The number of fused-ring (bicyclic) bond motifs is 1. The molecule has 1 aliphatic heterocycles. The van der Waals surface area contributed by atoms with Gasteiger partial charge in [0.15, 0.2) is 6.10 Å². The first kappa shape index (κ1) is 21.9. The zero-order valence-corrected chi connectivity index (χ0v) is 19.1. The van der Waals surface area contributed by atoms with Crippen LogP contribution < -0.4 is 14.4 Å². The van der Waals surface area contributed by atoms with Crippen molar-refractivity contribution in [2.75, 3.05) is 10.8 Å². The summed E-state index contributed by atoms with van der Waals surface area (Å²) in [5, 5.41) is 2.95. The Morgan fingerprint density at radius 1 is 0.969 bits per heavy atom. The molecule has 0 bridgehead atoms. The van der Waals surface area contributed by atoms with Gasteiger partial charge in [0.25, 0.3) is 15.9 Å². The molecule has 3 aromatic rings. The van der Waals surface area contributed by atoms with Crippen molar-refractivity contribution in [1.82, 2.24) is 5.32 Å². The topological polar surface area (TPSA) is 75.7 Å². The maximum Gasteiger partial charge on any atom is 0.264 e. The predicted octanol–water partition coefficient (Wildman–Crippen LogP) is 4.14. The number of carbonyl (C=O) groups is 1. The number of para-hydroxylation sites is 2. The monoisotopic (exact) mass is 450 g/mol. The molecule has 0 fully saturated rings. The third kappa shape index (κ3) is 4.34. The molecule has 0 aromatic heterocycles. The molecule has 4 rings (SSSR count). The number of carbonyl (C=O) groups excluding carboxylic acids is 1. The second kappa shape index (κ2) is 8.67. The summed E-state index contributed by atoms with van der Waals surface area (Å²) in [6.45, 7) is 5.68. The SMILES string of the molecule is Cc1ccc([C@H](C)NC(=O)[C@@H]2CN(S(=O)(=O)c3ccc(C)cc3)c3ccccc3O2)cc1. The van der Waals surface area contributed by atoms with E-state index in [4.69, 9.17) is 4.74 Å². The van der Waals surface area contributed by atoms with Crippen LogP contribution in [0.1, 0.15) is 29.7 Å². The lowest BCUT2D eigenvalue weighted by atomic mass is 10.1. The van der Waals surface area contributed by atoms with E-state index in [1.54, 1.807) is 48.5 Å². The zero-order chi connectivity index (χ0) is 22.9. The van der Waals surface area contributed by atoms with Crippen molar-refractivity contribution in [2.45, 2.75) is 37.8 Å². The van der Waals surface area contributed by atoms with Crippen LogP contribution in [0.15, 0.2) is 77.7 Å². The van der Waals surface area contributed by atoms with Gasteiger partial charge in [-0.15, -0.1) is 0 Å². The van der Waals surface area contributed by atoms with E-state index in [1.165, 1.54) is 4.31 Å². The van der Waals surface area contributed by atoms with Crippen LogP contribution in [0.2, 0.25) is 0 Å². The van der Waals surface area contributed by atoms with Gasteiger partial charge < -0.3 is 10.1 Å². The Balaban J connectivity index is 1.61. The van der Waals surface area contributed by atoms with Crippen molar-refractivity contribution < 1.29 is 17.9 Å². The molecule has 1 aliphatic rings. The number of hydrogen-bond donors (Lipinski definition) is 1. The number of hydrogen-bond acceptors (Lipinski definition) is 4. The van der Waals surface area contributed by atoms with Crippen LogP contribution in [0, 0.1) is 13.8 Å². The summed E-state index contributed by atoms with van der Waals surface area (Å²) in [4.78, 5) is 13.2. The number of aryl methyl sites for hydroxylation is 2. The Bertz CT molecular complexity index is 1220. The molecule has 0 saturated heterocycles. The summed E-state index contributed by atoms with van der Waals surface area (Å²) in [5.41, 5.74) is 3.48. The molecular formula is C25H26N2O4S. The smallest absolute Gasteiger partial charge is 0.264 e. The third-order valence-electron chi connectivity index (χ3n) is 5.57. The predicted molar refractivity (Wildman–Crippen MR) is 124 cm³/mol. The van der Waals surface area contributed by atoms with Crippen molar-refractivity contribution >= 4 is 21.6 Å². The first-order valence-electron chi connectivity index (χ1n) is 10.5. The van der Waals surface area contributed by atoms with Crippen LogP contribution in [0.3, 0.4) is 0 Å². The largest absolute Gasteiger partial charge is 0.476 e. The summed E-state index contributed by atoms with van der Waals surface area (Å²) in [6, 6.07) is 21.2. The normalized spacial score (nSPS) is 16.6. The molecule has 6 nitrogen and oxygen atoms in total. The summed E-state index contributed by atoms with van der Waals surface area (Å²) in [5.74, 6) is -0.00531. The van der Waals surface area contributed by atoms with Gasteiger partial charge in [-0.2, -0.15) is 0 Å². The minimum Gasteiger partial charge on any atom is -0.476 e. The number of sulfonamides is 1. The number of benzene rings is 3. The van der Waals surface area contributed by atoms with Crippen molar-refractivity contribution in [1.29, 1.82) is 0 Å². The molecule has 0 aliphatic carbocycles. The van der Waals surface area contributed by atoms with Crippen molar-refractivity contribution in [3.05, 3.63) is 89.5 Å². The highest BCUT2D eigenvalue weighted by molar-refractivity contribution is 7.92. The van der Waals surface area contributed by atoms with Gasteiger partial charge in [-0.1, -0.05) is 59.7 Å². The number of nitrogens with one attached hydrogen (secondary N) is 1. The molecular weight excluding hydrogens is 424 g/mol. The highest BCUT2D eigenvalue weighted by Gasteiger charge is 2.37. The third-order valence-corrected chi connectivity index (χ3v) is 7.37.